The van der Waals surface area contributed by atoms with E-state index in [2.05, 4.69) is 30.7 Å². The maximum Gasteiger partial charge on any atom is 0.256 e. The zero-order valence-corrected chi connectivity index (χ0v) is 17.9. The van der Waals surface area contributed by atoms with Crippen LogP contribution in [-0.4, -0.2) is 44.7 Å². The second-order valence-corrected chi connectivity index (χ2v) is 6.91. The average molecular weight is 469 g/mol. The maximum atomic E-state index is 14.2. The number of methoxy groups -OCH3 is 1. The van der Waals surface area contributed by atoms with Gasteiger partial charge in [0.2, 0.25) is 5.95 Å². The number of hydrogen-bond donors (Lipinski definition) is 3. The lowest BCUT2D eigenvalue weighted by molar-refractivity contribution is 0.0963. The molecule has 174 valence electrons. The number of ether oxygens (including phenoxy) is 1. The lowest BCUT2D eigenvalue weighted by atomic mass is 10.1. The van der Waals surface area contributed by atoms with Gasteiger partial charge in [0.1, 0.15) is 29.3 Å². The summed E-state index contributed by atoms with van der Waals surface area (Å²) in [5.74, 6) is -2.22. The van der Waals surface area contributed by atoms with Crippen molar-refractivity contribution in [2.45, 2.75) is 0 Å². The Morgan fingerprint density at radius 1 is 1.15 bits per heavy atom. The van der Waals surface area contributed by atoms with E-state index in [0.717, 1.165) is 18.3 Å². The van der Waals surface area contributed by atoms with Crippen LogP contribution in [0.2, 0.25) is 0 Å². The van der Waals surface area contributed by atoms with E-state index < -0.39 is 24.5 Å². The van der Waals surface area contributed by atoms with Gasteiger partial charge in [0.15, 0.2) is 11.6 Å². The summed E-state index contributed by atoms with van der Waals surface area (Å²) >= 11 is 0. The van der Waals surface area contributed by atoms with E-state index in [1.165, 1.54) is 18.1 Å². The van der Waals surface area contributed by atoms with Crippen LogP contribution in [0.3, 0.4) is 0 Å². The highest BCUT2D eigenvalue weighted by molar-refractivity contribution is 5.99. The summed E-state index contributed by atoms with van der Waals surface area (Å²) in [6.07, 6.45) is 2.58. The minimum atomic E-state index is -2.77. The number of carbonyl (C=O) groups excluding carboxylic acids is 1. The molecule has 10 nitrogen and oxygen atoms in total. The van der Waals surface area contributed by atoms with Crippen molar-refractivity contribution in [3.05, 3.63) is 66.1 Å². The Bertz CT molecular complexity index is 1460. The summed E-state index contributed by atoms with van der Waals surface area (Å²) in [5.41, 5.74) is 0.535. The number of rotatable bonds is 7. The number of anilines is 4. The lowest BCUT2D eigenvalue weighted by Gasteiger charge is -2.16. The number of para-hydroxylation sites is 1. The number of carbonyl (C=O) groups is 1. The standard InChI is InChI=1S/C22H20F2N8O2/c1-25-21(33)14-10-26-22(29-16-8-7-12(23)9-15(16)24)30-20(14)28-17-6-4-5-13(18(17)34-3)19-27-11-32(2)31-19/h4-11H,1-3H3,(H,25,33)(H2,26,28,29,30)/i1D3. The lowest BCUT2D eigenvalue weighted by Crippen LogP contribution is -2.20. The van der Waals surface area contributed by atoms with Crippen LogP contribution < -0.4 is 20.7 Å². The van der Waals surface area contributed by atoms with Crippen LogP contribution in [0.25, 0.3) is 11.4 Å². The molecule has 0 bridgehead atoms. The number of benzene rings is 2. The van der Waals surface area contributed by atoms with Crippen LogP contribution in [0.4, 0.5) is 31.9 Å². The molecule has 0 saturated heterocycles. The maximum absolute atomic E-state index is 14.2. The van der Waals surface area contributed by atoms with Crippen LogP contribution in [0.1, 0.15) is 14.5 Å². The summed E-state index contributed by atoms with van der Waals surface area (Å²) in [6, 6.07) is 7.93. The number of nitrogens with one attached hydrogen (secondary N) is 3. The first-order valence-corrected chi connectivity index (χ1v) is 9.76. The molecule has 0 aliphatic carbocycles. The zero-order chi connectivity index (χ0) is 26.7. The number of halogens is 2. The molecule has 3 N–H and O–H groups in total. The SMILES string of the molecule is [2H]C([2H])([2H])NC(=O)c1cnc(Nc2ccc(F)cc2F)nc1Nc1cccc(-c2ncn(C)n2)c1OC. The second kappa shape index (κ2) is 9.48. The van der Waals surface area contributed by atoms with Crippen LogP contribution in [0.15, 0.2) is 48.9 Å². The highest BCUT2D eigenvalue weighted by atomic mass is 19.1. The van der Waals surface area contributed by atoms with Crippen molar-refractivity contribution < 1.29 is 22.4 Å². The molecule has 4 rings (SSSR count). The van der Waals surface area contributed by atoms with Crippen molar-refractivity contribution in [2.24, 2.45) is 7.05 Å². The summed E-state index contributed by atoms with van der Waals surface area (Å²) in [4.78, 5) is 25.1. The third kappa shape index (κ3) is 4.60. The van der Waals surface area contributed by atoms with Gasteiger partial charge in [-0.15, -0.1) is 0 Å². The van der Waals surface area contributed by atoms with Crippen LogP contribution in [0.5, 0.6) is 5.75 Å². The van der Waals surface area contributed by atoms with E-state index in [1.54, 1.807) is 25.2 Å². The molecule has 0 saturated carbocycles. The minimum Gasteiger partial charge on any atom is -0.494 e. The van der Waals surface area contributed by atoms with E-state index >= 15 is 0 Å². The molecule has 0 fully saturated rings. The Balaban J connectivity index is 1.76. The molecule has 0 atom stereocenters. The Kier molecular flexibility index (Phi) is 5.28. The van der Waals surface area contributed by atoms with Gasteiger partial charge in [-0.05, 0) is 24.3 Å². The van der Waals surface area contributed by atoms with Crippen molar-refractivity contribution in [2.75, 3.05) is 24.7 Å². The molecule has 2 aromatic carbocycles. The summed E-state index contributed by atoms with van der Waals surface area (Å²) < 4.78 is 56.5. The smallest absolute Gasteiger partial charge is 0.256 e. The predicted molar refractivity (Wildman–Crippen MR) is 121 cm³/mol. The van der Waals surface area contributed by atoms with Crippen LogP contribution in [0, 0.1) is 11.6 Å². The van der Waals surface area contributed by atoms with Crippen molar-refractivity contribution in [1.29, 1.82) is 0 Å². The van der Waals surface area contributed by atoms with Gasteiger partial charge in [-0.2, -0.15) is 10.1 Å². The highest BCUT2D eigenvalue weighted by Crippen LogP contribution is 2.36. The van der Waals surface area contributed by atoms with E-state index in [0.29, 0.717) is 28.9 Å². The number of aryl methyl sites for hydroxylation is 1. The fourth-order valence-electron chi connectivity index (χ4n) is 3.10. The summed E-state index contributed by atoms with van der Waals surface area (Å²) in [5, 5.41) is 11.7. The molecule has 0 aliphatic heterocycles. The Hall–Kier alpha value is -4.61. The molecule has 2 heterocycles. The first kappa shape index (κ1) is 18.9. The number of hydrogen-bond acceptors (Lipinski definition) is 8. The van der Waals surface area contributed by atoms with Gasteiger partial charge >= 0.3 is 0 Å². The second-order valence-electron chi connectivity index (χ2n) is 6.91. The van der Waals surface area contributed by atoms with Crippen LogP contribution in [-0.2, 0) is 7.05 Å². The fraction of sp³-hybridized carbons (Fsp3) is 0.136. The predicted octanol–water partition coefficient (Wildman–Crippen LogP) is 3.41. The van der Waals surface area contributed by atoms with E-state index in [9.17, 15) is 13.6 Å². The first-order valence-electron chi connectivity index (χ1n) is 11.3. The number of amides is 1. The normalized spacial score (nSPS) is 12.3. The average Bonchev–Trinajstić information content (AvgIpc) is 3.26. The molecule has 34 heavy (non-hydrogen) atoms. The molecule has 1 amide bonds. The van der Waals surface area contributed by atoms with Crippen LogP contribution >= 0.6 is 0 Å². The molecule has 0 aliphatic rings. The number of aromatic nitrogens is 5. The van der Waals surface area contributed by atoms with Crippen molar-refractivity contribution >= 4 is 29.0 Å². The fourth-order valence-corrected chi connectivity index (χ4v) is 3.10. The topological polar surface area (TPSA) is 119 Å². The largest absolute Gasteiger partial charge is 0.494 e. The molecule has 0 spiro atoms. The van der Waals surface area contributed by atoms with Gasteiger partial charge in [0.05, 0.1) is 24.0 Å². The molecule has 12 heteroatoms. The third-order valence-corrected chi connectivity index (χ3v) is 4.64. The van der Waals surface area contributed by atoms with Crippen molar-refractivity contribution in [1.82, 2.24) is 30.0 Å². The summed E-state index contributed by atoms with van der Waals surface area (Å²) in [6.45, 7) is -2.77. The van der Waals surface area contributed by atoms with Crippen molar-refractivity contribution in [3.63, 3.8) is 0 Å². The monoisotopic (exact) mass is 469 g/mol. The molecule has 0 radical (unpaired) electrons. The minimum absolute atomic E-state index is 0.118. The quantitative estimate of drug-likeness (QED) is 0.377. The summed E-state index contributed by atoms with van der Waals surface area (Å²) in [7, 11) is 3.14. The molecular formula is C22H20F2N8O2. The van der Waals surface area contributed by atoms with Gasteiger partial charge in [-0.3, -0.25) is 9.48 Å². The molecule has 4 aromatic rings. The Morgan fingerprint density at radius 2 is 2.00 bits per heavy atom. The highest BCUT2D eigenvalue weighted by Gasteiger charge is 2.19. The van der Waals surface area contributed by atoms with Gasteiger partial charge in [0, 0.05) is 30.4 Å². The van der Waals surface area contributed by atoms with E-state index in [4.69, 9.17) is 8.85 Å². The van der Waals surface area contributed by atoms with Crippen molar-refractivity contribution in [3.8, 4) is 17.1 Å². The van der Waals surface area contributed by atoms with E-state index in [1.807, 2.05) is 5.32 Å². The first-order chi connectivity index (χ1) is 17.5. The Morgan fingerprint density at radius 3 is 2.71 bits per heavy atom. The third-order valence-electron chi connectivity index (χ3n) is 4.64. The van der Waals surface area contributed by atoms with Gasteiger partial charge in [-0.25, -0.2) is 18.7 Å². The molecule has 0 unspecified atom stereocenters. The van der Waals surface area contributed by atoms with Gasteiger partial charge in [-0.1, -0.05) is 6.07 Å². The van der Waals surface area contributed by atoms with E-state index in [-0.39, 0.29) is 23.0 Å². The number of nitrogens with zero attached hydrogens (tertiary/aromatic N) is 5. The Labute approximate surface area is 197 Å². The molecular weight excluding hydrogens is 446 g/mol. The van der Waals surface area contributed by atoms with Gasteiger partial charge < -0.3 is 20.7 Å². The zero-order valence-electron chi connectivity index (χ0n) is 20.9. The van der Waals surface area contributed by atoms with Gasteiger partial charge in [0.25, 0.3) is 5.91 Å². The molecule has 2 aromatic heterocycles.